The molecule has 0 aliphatic heterocycles. The predicted octanol–water partition coefficient (Wildman–Crippen LogP) is 3.89. The maximum Gasteiger partial charge on any atom is 0.257 e. The minimum atomic E-state index is -3.35. The fraction of sp³-hybridized carbons (Fsp3) is 0.150. The van der Waals surface area contributed by atoms with Gasteiger partial charge in [-0.2, -0.15) is 5.10 Å². The number of halogens is 1. The van der Waals surface area contributed by atoms with Gasteiger partial charge in [-0.05, 0) is 56.3 Å². The van der Waals surface area contributed by atoms with Crippen LogP contribution < -0.4 is 5.32 Å². The molecule has 7 nitrogen and oxygen atoms in total. The van der Waals surface area contributed by atoms with Crippen molar-refractivity contribution in [1.29, 1.82) is 0 Å². The lowest BCUT2D eigenvalue weighted by molar-refractivity contribution is 0.102. The van der Waals surface area contributed by atoms with Crippen molar-refractivity contribution < 1.29 is 17.6 Å². The molecule has 0 saturated heterocycles. The van der Waals surface area contributed by atoms with E-state index in [0.29, 0.717) is 10.6 Å². The number of rotatable bonds is 4. The molecular weight excluding hydrogens is 427 g/mol. The number of sulfone groups is 1. The van der Waals surface area contributed by atoms with Crippen LogP contribution in [0.2, 0.25) is 0 Å². The van der Waals surface area contributed by atoms with Gasteiger partial charge < -0.3 is 0 Å². The molecular formula is C20H17FN4O3S2. The summed E-state index contributed by atoms with van der Waals surface area (Å²) in [6, 6.07) is 10.5. The number of hydrogen-bond acceptors (Lipinski definition) is 6. The van der Waals surface area contributed by atoms with Gasteiger partial charge in [0.15, 0.2) is 15.0 Å². The molecule has 0 aliphatic rings. The Balaban J connectivity index is 1.64. The molecule has 0 atom stereocenters. The number of nitrogens with zero attached hydrogens (tertiary/aromatic N) is 3. The number of amides is 1. The second-order valence-electron chi connectivity index (χ2n) is 6.88. The molecule has 4 aromatic rings. The lowest BCUT2D eigenvalue weighted by Gasteiger charge is -2.08. The van der Waals surface area contributed by atoms with Gasteiger partial charge in [0.05, 0.1) is 20.8 Å². The van der Waals surface area contributed by atoms with Crippen LogP contribution in [0.4, 0.5) is 9.52 Å². The number of thiazole rings is 1. The van der Waals surface area contributed by atoms with Gasteiger partial charge in [-0.25, -0.2) is 22.5 Å². The van der Waals surface area contributed by atoms with E-state index in [1.807, 2.05) is 6.07 Å². The highest BCUT2D eigenvalue weighted by Crippen LogP contribution is 2.28. The summed E-state index contributed by atoms with van der Waals surface area (Å²) in [6.07, 6.45) is 1.12. The van der Waals surface area contributed by atoms with Crippen molar-refractivity contribution in [1.82, 2.24) is 14.8 Å². The monoisotopic (exact) mass is 444 g/mol. The highest BCUT2D eigenvalue weighted by molar-refractivity contribution is 7.90. The fourth-order valence-electron chi connectivity index (χ4n) is 3.05. The zero-order valence-electron chi connectivity index (χ0n) is 16.3. The molecule has 154 valence electrons. The van der Waals surface area contributed by atoms with Gasteiger partial charge in [0.1, 0.15) is 11.5 Å². The van der Waals surface area contributed by atoms with Gasteiger partial charge >= 0.3 is 0 Å². The molecule has 0 unspecified atom stereocenters. The maximum absolute atomic E-state index is 14.4. The minimum absolute atomic E-state index is 0.159. The molecule has 30 heavy (non-hydrogen) atoms. The molecule has 0 aliphatic carbocycles. The first kappa shape index (κ1) is 20.2. The second kappa shape index (κ2) is 7.29. The van der Waals surface area contributed by atoms with Crippen molar-refractivity contribution in [3.63, 3.8) is 0 Å². The van der Waals surface area contributed by atoms with Crippen LogP contribution in [0.25, 0.3) is 15.9 Å². The van der Waals surface area contributed by atoms with Gasteiger partial charge in [0.25, 0.3) is 5.91 Å². The number of aromatic nitrogens is 3. The summed E-state index contributed by atoms with van der Waals surface area (Å²) in [5.74, 6) is -0.953. The number of carbonyl (C=O) groups excluding carboxylic acids is 1. The van der Waals surface area contributed by atoms with E-state index in [4.69, 9.17) is 0 Å². The highest BCUT2D eigenvalue weighted by Gasteiger charge is 2.16. The van der Waals surface area contributed by atoms with Gasteiger partial charge in [0.2, 0.25) is 0 Å². The Hall–Kier alpha value is -3.11. The summed E-state index contributed by atoms with van der Waals surface area (Å²) in [5.41, 5.74) is 2.38. The van der Waals surface area contributed by atoms with Crippen molar-refractivity contribution in [2.24, 2.45) is 0 Å². The van der Waals surface area contributed by atoms with Crippen LogP contribution in [0.5, 0.6) is 0 Å². The summed E-state index contributed by atoms with van der Waals surface area (Å²) < 4.78 is 40.0. The first-order valence-corrected chi connectivity index (χ1v) is 11.6. The van der Waals surface area contributed by atoms with E-state index in [1.165, 1.54) is 46.4 Å². The van der Waals surface area contributed by atoms with Crippen LogP contribution in [0.1, 0.15) is 21.7 Å². The number of nitrogens with one attached hydrogen (secondary N) is 1. The van der Waals surface area contributed by atoms with Gasteiger partial charge in [-0.15, -0.1) is 0 Å². The van der Waals surface area contributed by atoms with Crippen LogP contribution in [0, 0.1) is 19.7 Å². The van der Waals surface area contributed by atoms with Crippen LogP contribution in [0.3, 0.4) is 0 Å². The van der Waals surface area contributed by atoms with Crippen molar-refractivity contribution in [2.75, 3.05) is 11.6 Å². The lowest BCUT2D eigenvalue weighted by atomic mass is 10.2. The van der Waals surface area contributed by atoms with Crippen LogP contribution in [-0.4, -0.2) is 35.3 Å². The van der Waals surface area contributed by atoms with Gasteiger partial charge in [0, 0.05) is 17.5 Å². The Labute approximate surface area is 176 Å². The number of aryl methyl sites for hydroxylation is 2. The van der Waals surface area contributed by atoms with E-state index in [2.05, 4.69) is 15.4 Å². The molecule has 2 aromatic carbocycles. The molecule has 4 rings (SSSR count). The number of fused-ring (bicyclic) bond motifs is 1. The Morgan fingerprint density at radius 1 is 1.13 bits per heavy atom. The second-order valence-corrected chi connectivity index (χ2v) is 9.93. The smallest absolute Gasteiger partial charge is 0.257 e. The van der Waals surface area contributed by atoms with E-state index in [1.54, 1.807) is 19.9 Å². The minimum Gasteiger partial charge on any atom is -0.298 e. The Morgan fingerprint density at radius 3 is 2.57 bits per heavy atom. The van der Waals surface area contributed by atoms with Crippen LogP contribution in [0.15, 0.2) is 47.4 Å². The standard InChI is InChI=1S/C20H17FN4O3S2/c1-11-8-12(2)25(24-11)17-9-13(4-6-15(17)21)19(26)23-20-22-16-10-14(30(3,27)28)5-7-18(16)29-20/h4-10H,1-3H3,(H,22,23,26). The molecule has 1 N–H and O–H groups in total. The normalized spacial score (nSPS) is 11.7. The van der Waals surface area contributed by atoms with E-state index in [-0.39, 0.29) is 16.1 Å². The third-order valence-electron chi connectivity index (χ3n) is 4.45. The summed E-state index contributed by atoms with van der Waals surface area (Å²) >= 11 is 1.22. The Morgan fingerprint density at radius 2 is 1.90 bits per heavy atom. The molecule has 2 aromatic heterocycles. The summed E-state index contributed by atoms with van der Waals surface area (Å²) in [4.78, 5) is 17.2. The highest BCUT2D eigenvalue weighted by atomic mass is 32.2. The van der Waals surface area contributed by atoms with E-state index in [9.17, 15) is 17.6 Å². The molecule has 0 radical (unpaired) electrons. The quantitative estimate of drug-likeness (QED) is 0.515. The summed E-state index contributed by atoms with van der Waals surface area (Å²) in [6.45, 7) is 3.61. The van der Waals surface area contributed by atoms with Crippen molar-refractivity contribution in [3.8, 4) is 5.69 Å². The molecule has 10 heteroatoms. The topological polar surface area (TPSA) is 94.0 Å². The molecule has 0 saturated carbocycles. The van der Waals surface area contributed by atoms with Crippen molar-refractivity contribution in [3.05, 3.63) is 65.2 Å². The number of hydrogen-bond donors (Lipinski definition) is 1. The Bertz CT molecular complexity index is 1410. The molecule has 0 spiro atoms. The maximum atomic E-state index is 14.4. The van der Waals surface area contributed by atoms with E-state index in [0.717, 1.165) is 22.3 Å². The number of benzene rings is 2. The Kier molecular flexibility index (Phi) is 4.91. The largest absolute Gasteiger partial charge is 0.298 e. The van der Waals surface area contributed by atoms with Crippen molar-refractivity contribution in [2.45, 2.75) is 18.7 Å². The van der Waals surface area contributed by atoms with Crippen LogP contribution >= 0.6 is 11.3 Å². The molecule has 0 bridgehead atoms. The molecule has 2 heterocycles. The molecule has 1 amide bonds. The average Bonchev–Trinajstić information content (AvgIpc) is 3.22. The van der Waals surface area contributed by atoms with Crippen molar-refractivity contribution >= 4 is 42.4 Å². The van der Waals surface area contributed by atoms with E-state index < -0.39 is 21.6 Å². The third-order valence-corrected chi connectivity index (χ3v) is 6.52. The average molecular weight is 445 g/mol. The third kappa shape index (κ3) is 3.83. The number of anilines is 1. The van der Waals surface area contributed by atoms with Gasteiger partial charge in [-0.1, -0.05) is 11.3 Å². The zero-order valence-corrected chi connectivity index (χ0v) is 17.9. The van der Waals surface area contributed by atoms with Crippen LogP contribution in [-0.2, 0) is 9.84 Å². The first-order chi connectivity index (χ1) is 14.1. The predicted molar refractivity (Wildman–Crippen MR) is 114 cm³/mol. The first-order valence-electron chi connectivity index (χ1n) is 8.87. The molecule has 0 fully saturated rings. The lowest BCUT2D eigenvalue weighted by Crippen LogP contribution is -2.13. The number of carbonyl (C=O) groups is 1. The SMILES string of the molecule is Cc1cc(C)n(-c2cc(C(=O)Nc3nc4cc(S(C)(=O)=O)ccc4s3)ccc2F)n1. The fourth-order valence-corrected chi connectivity index (χ4v) is 4.53. The summed E-state index contributed by atoms with van der Waals surface area (Å²) in [7, 11) is -3.35. The van der Waals surface area contributed by atoms with Gasteiger partial charge in [-0.3, -0.25) is 10.1 Å². The summed E-state index contributed by atoms with van der Waals surface area (Å²) in [5, 5.41) is 7.28. The van der Waals surface area contributed by atoms with E-state index >= 15 is 0 Å². The zero-order chi connectivity index (χ0) is 21.6.